The predicted molar refractivity (Wildman–Crippen MR) is 156 cm³/mol. The molecule has 198 valence electrons. The fourth-order valence-corrected chi connectivity index (χ4v) is 5.45. The van der Waals surface area contributed by atoms with Crippen LogP contribution >= 0.6 is 0 Å². The second-order valence-electron chi connectivity index (χ2n) is 9.50. The molecule has 0 fully saturated rings. The molecular weight excluding hydrogens is 484 g/mol. The zero-order chi connectivity index (χ0) is 27.2. The smallest absolute Gasteiger partial charge is 0.197 e. The van der Waals surface area contributed by atoms with Crippen LogP contribution in [-0.4, -0.2) is 25.8 Å². The molecule has 0 aliphatic heterocycles. The average molecular weight is 519 g/mol. The molecule has 4 nitrogen and oxygen atoms in total. The van der Waals surface area contributed by atoms with Gasteiger partial charge >= 0.3 is 0 Å². The summed E-state index contributed by atoms with van der Waals surface area (Å²) in [6.07, 6.45) is 2.68. The first kappa shape index (κ1) is 26.5. The van der Waals surface area contributed by atoms with E-state index < -0.39 is 5.41 Å². The van der Waals surface area contributed by atoms with Crippen LogP contribution in [0.2, 0.25) is 0 Å². The Hall–Kier alpha value is -4.12. The van der Waals surface area contributed by atoms with E-state index in [9.17, 15) is 0 Å². The Morgan fingerprint density at radius 3 is 1.36 bits per heavy atom. The van der Waals surface area contributed by atoms with Gasteiger partial charge in [-0.3, -0.25) is 0 Å². The Bertz CT molecular complexity index is 1310. The summed E-state index contributed by atoms with van der Waals surface area (Å²) in [4.78, 5) is 0. The van der Waals surface area contributed by atoms with Crippen molar-refractivity contribution in [2.24, 2.45) is 0 Å². The van der Waals surface area contributed by atoms with E-state index in [0.29, 0.717) is 13.2 Å². The third-order valence-corrected chi connectivity index (χ3v) is 7.03. The molecule has 0 saturated heterocycles. The molecule has 0 aromatic heterocycles. The molecule has 4 aromatic carbocycles. The highest BCUT2D eigenvalue weighted by molar-refractivity contribution is 5.86. The van der Waals surface area contributed by atoms with Crippen molar-refractivity contribution in [3.8, 4) is 22.6 Å². The molecule has 0 saturated carbocycles. The highest BCUT2D eigenvalue weighted by Crippen LogP contribution is 2.56. The number of hydrogen-bond donors (Lipinski definition) is 0. The molecule has 2 unspecified atom stereocenters. The average Bonchev–Trinajstić information content (AvgIpc) is 3.27. The van der Waals surface area contributed by atoms with Gasteiger partial charge in [-0.15, -0.1) is 13.2 Å². The Labute approximate surface area is 231 Å². The standard InChI is InChI=1S/C35H34O4/c1-5-23-36-25(3)38-29-19-15-27(16-20-29)35(28-17-21-30(22-18-28)39-26(4)37-24-6-2)33-13-9-7-11-31(33)32-12-8-10-14-34(32)35/h5-22,25-26H,1-2,23-24H2,3-4H3. The summed E-state index contributed by atoms with van der Waals surface area (Å²) in [5.74, 6) is 1.50. The number of benzene rings is 4. The summed E-state index contributed by atoms with van der Waals surface area (Å²) >= 11 is 0. The van der Waals surface area contributed by atoms with Crippen molar-refractivity contribution in [1.29, 1.82) is 0 Å². The molecule has 0 amide bonds. The van der Waals surface area contributed by atoms with E-state index in [1.54, 1.807) is 12.2 Å². The van der Waals surface area contributed by atoms with E-state index in [1.807, 2.05) is 38.1 Å². The molecule has 0 radical (unpaired) electrons. The molecule has 1 aliphatic rings. The summed E-state index contributed by atoms with van der Waals surface area (Å²) in [6, 6.07) is 34.0. The van der Waals surface area contributed by atoms with Gasteiger partial charge in [-0.25, -0.2) is 0 Å². The zero-order valence-electron chi connectivity index (χ0n) is 22.5. The summed E-state index contributed by atoms with van der Waals surface area (Å²) in [5.41, 5.74) is 6.79. The second kappa shape index (κ2) is 11.7. The fourth-order valence-electron chi connectivity index (χ4n) is 5.45. The van der Waals surface area contributed by atoms with Gasteiger partial charge < -0.3 is 18.9 Å². The van der Waals surface area contributed by atoms with Crippen molar-refractivity contribution in [1.82, 2.24) is 0 Å². The van der Waals surface area contributed by atoms with Gasteiger partial charge in [0.2, 0.25) is 0 Å². The van der Waals surface area contributed by atoms with E-state index in [-0.39, 0.29) is 12.6 Å². The van der Waals surface area contributed by atoms with Crippen LogP contribution in [0.1, 0.15) is 36.1 Å². The lowest BCUT2D eigenvalue weighted by molar-refractivity contribution is -0.0551. The predicted octanol–water partition coefficient (Wildman–Crippen LogP) is 7.90. The first-order valence-corrected chi connectivity index (χ1v) is 13.3. The number of ether oxygens (including phenoxy) is 4. The quantitative estimate of drug-likeness (QED) is 0.124. The number of hydrogen-bond acceptors (Lipinski definition) is 4. The van der Waals surface area contributed by atoms with Crippen LogP contribution in [0.25, 0.3) is 11.1 Å². The SMILES string of the molecule is C=CCOC(C)Oc1ccc(C2(c3ccc(OC(C)OCC=C)cc3)c3ccccc3-c3ccccc32)cc1. The molecule has 0 heterocycles. The highest BCUT2D eigenvalue weighted by Gasteiger charge is 2.45. The third kappa shape index (κ3) is 5.14. The lowest BCUT2D eigenvalue weighted by Gasteiger charge is -2.34. The summed E-state index contributed by atoms with van der Waals surface area (Å²) in [6.45, 7) is 12.1. The van der Waals surface area contributed by atoms with Crippen molar-refractivity contribution in [3.63, 3.8) is 0 Å². The summed E-state index contributed by atoms with van der Waals surface area (Å²) in [7, 11) is 0. The molecule has 4 aromatic rings. The second-order valence-corrected chi connectivity index (χ2v) is 9.50. The van der Waals surface area contributed by atoms with E-state index in [2.05, 4.69) is 86.0 Å². The molecule has 5 rings (SSSR count). The van der Waals surface area contributed by atoms with Crippen molar-refractivity contribution in [2.75, 3.05) is 13.2 Å². The van der Waals surface area contributed by atoms with Crippen LogP contribution in [0.5, 0.6) is 11.5 Å². The fraction of sp³-hybridized carbons (Fsp3) is 0.200. The van der Waals surface area contributed by atoms with E-state index >= 15 is 0 Å². The Balaban J connectivity index is 1.59. The lowest BCUT2D eigenvalue weighted by atomic mass is 9.68. The van der Waals surface area contributed by atoms with Gasteiger partial charge in [0.25, 0.3) is 0 Å². The monoisotopic (exact) mass is 518 g/mol. The molecular formula is C35H34O4. The Morgan fingerprint density at radius 1 is 0.590 bits per heavy atom. The third-order valence-electron chi connectivity index (χ3n) is 7.03. The topological polar surface area (TPSA) is 36.9 Å². The number of fused-ring (bicyclic) bond motifs is 3. The maximum Gasteiger partial charge on any atom is 0.197 e. The van der Waals surface area contributed by atoms with Crippen molar-refractivity contribution >= 4 is 0 Å². The minimum atomic E-state index is -0.500. The van der Waals surface area contributed by atoms with Crippen LogP contribution in [0.3, 0.4) is 0 Å². The van der Waals surface area contributed by atoms with Gasteiger partial charge in [-0.05, 0) is 71.5 Å². The largest absolute Gasteiger partial charge is 0.465 e. The van der Waals surface area contributed by atoms with Crippen LogP contribution in [0.15, 0.2) is 122 Å². The van der Waals surface area contributed by atoms with Crippen molar-refractivity contribution in [3.05, 3.63) is 145 Å². The van der Waals surface area contributed by atoms with Gasteiger partial charge in [0.05, 0.1) is 18.6 Å². The van der Waals surface area contributed by atoms with E-state index in [1.165, 1.54) is 22.3 Å². The van der Waals surface area contributed by atoms with E-state index in [0.717, 1.165) is 22.6 Å². The van der Waals surface area contributed by atoms with E-state index in [4.69, 9.17) is 18.9 Å². The first-order chi connectivity index (χ1) is 19.1. The van der Waals surface area contributed by atoms with Crippen LogP contribution in [0.4, 0.5) is 0 Å². The molecule has 4 heteroatoms. The van der Waals surface area contributed by atoms with Crippen LogP contribution in [-0.2, 0) is 14.9 Å². The minimum Gasteiger partial charge on any atom is -0.465 e. The minimum absolute atomic E-state index is 0.374. The molecule has 2 atom stereocenters. The van der Waals surface area contributed by atoms with Gasteiger partial charge in [0, 0.05) is 0 Å². The maximum atomic E-state index is 5.99. The van der Waals surface area contributed by atoms with Crippen LogP contribution < -0.4 is 9.47 Å². The molecule has 39 heavy (non-hydrogen) atoms. The van der Waals surface area contributed by atoms with Crippen molar-refractivity contribution in [2.45, 2.75) is 31.8 Å². The Morgan fingerprint density at radius 2 is 0.974 bits per heavy atom. The van der Waals surface area contributed by atoms with Crippen LogP contribution in [0, 0.1) is 0 Å². The molecule has 1 aliphatic carbocycles. The highest BCUT2D eigenvalue weighted by atomic mass is 16.7. The zero-order valence-corrected chi connectivity index (χ0v) is 22.5. The van der Waals surface area contributed by atoms with Crippen molar-refractivity contribution < 1.29 is 18.9 Å². The Kier molecular flexibility index (Phi) is 7.97. The molecule has 0 bridgehead atoms. The lowest BCUT2D eigenvalue weighted by Crippen LogP contribution is -2.28. The summed E-state index contributed by atoms with van der Waals surface area (Å²) < 4.78 is 23.2. The number of rotatable bonds is 12. The van der Waals surface area contributed by atoms with Gasteiger partial charge in [-0.1, -0.05) is 84.9 Å². The maximum absolute atomic E-state index is 5.99. The normalized spacial score (nSPS) is 14.5. The molecule has 0 N–H and O–H groups in total. The summed E-state index contributed by atoms with van der Waals surface area (Å²) in [5, 5.41) is 0. The van der Waals surface area contributed by atoms with Gasteiger partial charge in [0.1, 0.15) is 11.5 Å². The first-order valence-electron chi connectivity index (χ1n) is 13.3. The van der Waals surface area contributed by atoms with Gasteiger partial charge in [0.15, 0.2) is 12.6 Å². The van der Waals surface area contributed by atoms with Gasteiger partial charge in [-0.2, -0.15) is 0 Å². The molecule has 0 spiro atoms.